The van der Waals surface area contributed by atoms with E-state index < -0.39 is 0 Å². The van der Waals surface area contributed by atoms with E-state index in [1.54, 1.807) is 12.1 Å². The highest BCUT2D eigenvalue weighted by molar-refractivity contribution is 9.10. The fraction of sp³-hybridized carbons (Fsp3) is 0.200. The fourth-order valence-electron chi connectivity index (χ4n) is 1.97. The van der Waals surface area contributed by atoms with Crippen LogP contribution in [0.2, 0.25) is 0 Å². The van der Waals surface area contributed by atoms with Crippen LogP contribution in [0.15, 0.2) is 53.0 Å². The Balaban J connectivity index is 2.03. The third kappa shape index (κ3) is 3.65. The molecular formula is C15H15BrFN. The Morgan fingerprint density at radius 3 is 2.50 bits per heavy atom. The van der Waals surface area contributed by atoms with Crippen molar-refractivity contribution in [3.05, 3.63) is 69.9 Å². The Bertz CT molecular complexity index is 513. The Hall–Kier alpha value is -1.19. The molecule has 0 aromatic heterocycles. The van der Waals surface area contributed by atoms with Crippen LogP contribution in [0.5, 0.6) is 0 Å². The third-order valence-electron chi connectivity index (χ3n) is 2.83. The second-order valence-electron chi connectivity index (χ2n) is 4.39. The van der Waals surface area contributed by atoms with E-state index in [9.17, 15) is 4.39 Å². The lowest BCUT2D eigenvalue weighted by molar-refractivity contribution is 0.583. The average Bonchev–Trinajstić information content (AvgIpc) is 2.35. The maximum absolute atomic E-state index is 13.6. The lowest BCUT2D eigenvalue weighted by Gasteiger charge is -2.12. The zero-order valence-electron chi connectivity index (χ0n) is 9.94. The van der Waals surface area contributed by atoms with E-state index in [2.05, 4.69) is 15.9 Å². The van der Waals surface area contributed by atoms with Gasteiger partial charge in [-0.1, -0.05) is 46.3 Å². The first-order chi connectivity index (χ1) is 8.65. The number of rotatable bonds is 4. The van der Waals surface area contributed by atoms with Crippen LogP contribution in [0.1, 0.15) is 11.1 Å². The van der Waals surface area contributed by atoms with Gasteiger partial charge in [-0.3, -0.25) is 0 Å². The van der Waals surface area contributed by atoms with E-state index in [4.69, 9.17) is 5.73 Å². The lowest BCUT2D eigenvalue weighted by Crippen LogP contribution is -2.26. The van der Waals surface area contributed by atoms with Gasteiger partial charge in [-0.2, -0.15) is 0 Å². The Morgan fingerprint density at radius 1 is 1.06 bits per heavy atom. The summed E-state index contributed by atoms with van der Waals surface area (Å²) in [4.78, 5) is 0. The van der Waals surface area contributed by atoms with Gasteiger partial charge in [0, 0.05) is 10.5 Å². The first kappa shape index (κ1) is 13.2. The van der Waals surface area contributed by atoms with Gasteiger partial charge in [0.2, 0.25) is 0 Å². The highest BCUT2D eigenvalue weighted by atomic mass is 79.9. The van der Waals surface area contributed by atoms with Crippen LogP contribution in [-0.4, -0.2) is 6.04 Å². The number of halogens is 2. The minimum atomic E-state index is -0.193. The van der Waals surface area contributed by atoms with E-state index >= 15 is 0 Å². The monoisotopic (exact) mass is 307 g/mol. The second kappa shape index (κ2) is 6.12. The Morgan fingerprint density at radius 2 is 1.78 bits per heavy atom. The van der Waals surface area contributed by atoms with Crippen molar-refractivity contribution in [1.29, 1.82) is 0 Å². The van der Waals surface area contributed by atoms with Crippen LogP contribution in [0.3, 0.4) is 0 Å². The van der Waals surface area contributed by atoms with Crippen molar-refractivity contribution < 1.29 is 4.39 Å². The van der Waals surface area contributed by atoms with Gasteiger partial charge in [0.15, 0.2) is 0 Å². The molecule has 2 aromatic carbocycles. The SMILES string of the molecule is NC(Cc1ccccc1)Cc1cc(Br)ccc1F. The van der Waals surface area contributed by atoms with Gasteiger partial charge < -0.3 is 5.73 Å². The van der Waals surface area contributed by atoms with Crippen molar-refractivity contribution in [3.8, 4) is 0 Å². The molecule has 0 bridgehead atoms. The predicted molar refractivity (Wildman–Crippen MR) is 75.9 cm³/mol. The van der Waals surface area contributed by atoms with Crippen molar-refractivity contribution in [2.24, 2.45) is 5.73 Å². The molecule has 2 rings (SSSR count). The maximum atomic E-state index is 13.6. The summed E-state index contributed by atoms with van der Waals surface area (Å²) in [6, 6.07) is 14.9. The first-order valence-corrected chi connectivity index (χ1v) is 6.68. The van der Waals surface area contributed by atoms with Gasteiger partial charge in [-0.05, 0) is 42.2 Å². The average molecular weight is 308 g/mol. The van der Waals surface area contributed by atoms with E-state index in [0.717, 1.165) is 10.9 Å². The number of hydrogen-bond acceptors (Lipinski definition) is 1. The third-order valence-corrected chi connectivity index (χ3v) is 3.32. The van der Waals surface area contributed by atoms with Crippen LogP contribution in [0.4, 0.5) is 4.39 Å². The second-order valence-corrected chi connectivity index (χ2v) is 5.31. The van der Waals surface area contributed by atoms with Gasteiger partial charge in [-0.15, -0.1) is 0 Å². The summed E-state index contributed by atoms with van der Waals surface area (Å²) in [5, 5.41) is 0. The molecule has 2 aromatic rings. The predicted octanol–water partition coefficient (Wildman–Crippen LogP) is 3.70. The van der Waals surface area contributed by atoms with Crippen molar-refractivity contribution in [3.63, 3.8) is 0 Å². The van der Waals surface area contributed by atoms with Gasteiger partial charge in [0.25, 0.3) is 0 Å². The lowest BCUT2D eigenvalue weighted by atomic mass is 9.99. The number of hydrogen-bond donors (Lipinski definition) is 1. The van der Waals surface area contributed by atoms with Gasteiger partial charge in [-0.25, -0.2) is 4.39 Å². The molecule has 18 heavy (non-hydrogen) atoms. The molecule has 0 saturated carbocycles. The summed E-state index contributed by atoms with van der Waals surface area (Å²) in [6.07, 6.45) is 1.30. The molecule has 3 heteroatoms. The first-order valence-electron chi connectivity index (χ1n) is 5.88. The summed E-state index contributed by atoms with van der Waals surface area (Å²) in [7, 11) is 0. The van der Waals surface area contributed by atoms with E-state index in [0.29, 0.717) is 12.0 Å². The molecule has 1 unspecified atom stereocenters. The van der Waals surface area contributed by atoms with Gasteiger partial charge >= 0.3 is 0 Å². The van der Waals surface area contributed by atoms with Crippen molar-refractivity contribution >= 4 is 15.9 Å². The quantitative estimate of drug-likeness (QED) is 0.915. The highest BCUT2D eigenvalue weighted by Crippen LogP contribution is 2.17. The zero-order valence-corrected chi connectivity index (χ0v) is 11.5. The van der Waals surface area contributed by atoms with Crippen LogP contribution < -0.4 is 5.73 Å². The molecule has 0 fully saturated rings. The minimum Gasteiger partial charge on any atom is -0.327 e. The fourth-order valence-corrected chi connectivity index (χ4v) is 2.38. The molecule has 1 atom stereocenters. The van der Waals surface area contributed by atoms with Crippen molar-refractivity contribution in [1.82, 2.24) is 0 Å². The normalized spacial score (nSPS) is 12.4. The molecule has 0 aliphatic rings. The smallest absolute Gasteiger partial charge is 0.126 e. The Kier molecular flexibility index (Phi) is 4.50. The molecule has 0 saturated heterocycles. The molecule has 94 valence electrons. The van der Waals surface area contributed by atoms with Crippen molar-refractivity contribution in [2.75, 3.05) is 0 Å². The number of nitrogens with two attached hydrogens (primary N) is 1. The van der Waals surface area contributed by atoms with E-state index in [1.807, 2.05) is 30.3 Å². The van der Waals surface area contributed by atoms with Crippen LogP contribution >= 0.6 is 15.9 Å². The molecule has 2 N–H and O–H groups in total. The zero-order chi connectivity index (χ0) is 13.0. The van der Waals surface area contributed by atoms with Crippen molar-refractivity contribution in [2.45, 2.75) is 18.9 Å². The standard InChI is InChI=1S/C15H15BrFN/c16-13-6-7-15(17)12(9-13)10-14(18)8-11-4-2-1-3-5-11/h1-7,9,14H,8,10,18H2. The number of benzene rings is 2. The summed E-state index contributed by atoms with van der Waals surface area (Å²) < 4.78 is 14.5. The van der Waals surface area contributed by atoms with Crippen LogP contribution in [0.25, 0.3) is 0 Å². The molecule has 0 aliphatic heterocycles. The molecular weight excluding hydrogens is 293 g/mol. The molecule has 0 spiro atoms. The van der Waals surface area contributed by atoms with E-state index in [1.165, 1.54) is 11.6 Å². The van der Waals surface area contributed by atoms with Gasteiger partial charge in [0.1, 0.15) is 5.82 Å². The van der Waals surface area contributed by atoms with Crippen LogP contribution in [-0.2, 0) is 12.8 Å². The molecule has 0 heterocycles. The molecule has 0 amide bonds. The highest BCUT2D eigenvalue weighted by Gasteiger charge is 2.09. The Labute approximate surface area is 115 Å². The molecule has 0 aliphatic carbocycles. The largest absolute Gasteiger partial charge is 0.327 e. The molecule has 1 nitrogen and oxygen atoms in total. The van der Waals surface area contributed by atoms with Gasteiger partial charge in [0.05, 0.1) is 0 Å². The van der Waals surface area contributed by atoms with E-state index in [-0.39, 0.29) is 11.9 Å². The maximum Gasteiger partial charge on any atom is 0.126 e. The summed E-state index contributed by atoms with van der Waals surface area (Å²) in [5.41, 5.74) is 7.92. The summed E-state index contributed by atoms with van der Waals surface area (Å²) in [6.45, 7) is 0. The summed E-state index contributed by atoms with van der Waals surface area (Å²) in [5.74, 6) is -0.193. The molecule has 0 radical (unpaired) electrons. The minimum absolute atomic E-state index is 0.0730. The summed E-state index contributed by atoms with van der Waals surface area (Å²) >= 11 is 3.35. The topological polar surface area (TPSA) is 26.0 Å². The van der Waals surface area contributed by atoms with Crippen LogP contribution in [0, 0.1) is 5.82 Å².